The molecule has 1 aliphatic heterocycles. The molecule has 0 aromatic carbocycles. The summed E-state index contributed by atoms with van der Waals surface area (Å²) in [4.78, 5) is 14.5. The van der Waals surface area contributed by atoms with Crippen LogP contribution in [0, 0.1) is 6.92 Å². The van der Waals surface area contributed by atoms with E-state index in [0.29, 0.717) is 6.04 Å². The van der Waals surface area contributed by atoms with E-state index >= 15 is 0 Å². The maximum absolute atomic E-state index is 12.2. The lowest BCUT2D eigenvalue weighted by molar-refractivity contribution is -0.125. The fraction of sp³-hybridized carbons (Fsp3) is 0.692. The van der Waals surface area contributed by atoms with Gasteiger partial charge in [0.1, 0.15) is 6.04 Å². The molecule has 1 aliphatic rings. The van der Waals surface area contributed by atoms with Crippen molar-refractivity contribution in [1.29, 1.82) is 0 Å². The van der Waals surface area contributed by atoms with Gasteiger partial charge in [-0.25, -0.2) is 0 Å². The quantitative estimate of drug-likeness (QED) is 0.869. The summed E-state index contributed by atoms with van der Waals surface area (Å²) in [7, 11) is 2.12. The van der Waals surface area contributed by atoms with Crippen LogP contribution < -0.4 is 5.32 Å². The summed E-state index contributed by atoms with van der Waals surface area (Å²) in [6, 6.07) is 1.99. The minimum Gasteiger partial charge on any atom is -0.351 e. The first-order valence-corrected chi connectivity index (χ1v) is 6.57. The third-order valence-corrected chi connectivity index (χ3v) is 3.68. The van der Waals surface area contributed by atoms with E-state index in [-0.39, 0.29) is 11.9 Å². The number of likely N-dealkylation sites (tertiary alicyclic amines) is 1. The number of amides is 1. The largest absolute Gasteiger partial charge is 0.351 e. The fourth-order valence-corrected chi connectivity index (χ4v) is 2.37. The predicted molar refractivity (Wildman–Crippen MR) is 70.3 cm³/mol. The molecule has 0 saturated carbocycles. The van der Waals surface area contributed by atoms with Gasteiger partial charge in [-0.05, 0) is 52.9 Å². The van der Waals surface area contributed by atoms with Crippen LogP contribution in [-0.2, 0) is 4.79 Å². The fourth-order valence-electron chi connectivity index (χ4n) is 2.37. The third kappa shape index (κ3) is 2.90. The number of piperidine rings is 1. The van der Waals surface area contributed by atoms with E-state index in [1.165, 1.54) is 0 Å². The zero-order valence-corrected chi connectivity index (χ0v) is 11.4. The third-order valence-electron chi connectivity index (χ3n) is 3.68. The van der Waals surface area contributed by atoms with Crippen molar-refractivity contribution in [3.8, 4) is 0 Å². The Bertz CT molecular complexity index is 407. The number of carbonyl (C=O) groups excluding carboxylic acids is 1. The van der Waals surface area contributed by atoms with Gasteiger partial charge in [0, 0.05) is 17.9 Å². The highest BCUT2D eigenvalue weighted by Crippen LogP contribution is 2.12. The number of hydrogen-bond acceptors (Lipinski definition) is 3. The molecule has 1 fully saturated rings. The normalized spacial score (nSPS) is 19.7. The highest BCUT2D eigenvalue weighted by Gasteiger charge is 2.22. The molecular formula is C13H22N4O. The van der Waals surface area contributed by atoms with Crippen molar-refractivity contribution in [1.82, 2.24) is 20.0 Å². The van der Waals surface area contributed by atoms with Crippen LogP contribution in [0.1, 0.15) is 31.5 Å². The van der Waals surface area contributed by atoms with Crippen LogP contribution in [0.5, 0.6) is 0 Å². The number of rotatable bonds is 3. The molecule has 1 aromatic rings. The van der Waals surface area contributed by atoms with Gasteiger partial charge in [0.05, 0.1) is 0 Å². The second kappa shape index (κ2) is 5.52. The molecule has 0 bridgehead atoms. The molecule has 1 saturated heterocycles. The molecule has 1 aromatic heterocycles. The summed E-state index contributed by atoms with van der Waals surface area (Å²) in [6.07, 6.45) is 3.80. The van der Waals surface area contributed by atoms with Gasteiger partial charge in [-0.1, -0.05) is 0 Å². The summed E-state index contributed by atoms with van der Waals surface area (Å²) in [5.41, 5.74) is 1.01. The van der Waals surface area contributed by atoms with Crippen LogP contribution in [0.25, 0.3) is 0 Å². The van der Waals surface area contributed by atoms with Crippen molar-refractivity contribution in [2.75, 3.05) is 20.1 Å². The van der Waals surface area contributed by atoms with E-state index in [9.17, 15) is 4.79 Å². The van der Waals surface area contributed by atoms with Crippen LogP contribution in [0.4, 0.5) is 0 Å². The molecule has 1 amide bonds. The summed E-state index contributed by atoms with van der Waals surface area (Å²) < 4.78 is 1.77. The standard InChI is InChI=1S/C13H22N4O/c1-10-4-7-14-17(10)11(2)13(18)15-12-5-8-16(3)9-6-12/h4,7,11-12H,5-6,8-9H2,1-3H3,(H,15,18). The van der Waals surface area contributed by atoms with E-state index in [2.05, 4.69) is 22.4 Å². The zero-order valence-electron chi connectivity index (χ0n) is 11.4. The number of aromatic nitrogens is 2. The van der Waals surface area contributed by atoms with Crippen molar-refractivity contribution in [3.63, 3.8) is 0 Å². The smallest absolute Gasteiger partial charge is 0.244 e. The molecule has 0 aliphatic carbocycles. The maximum atomic E-state index is 12.2. The molecule has 100 valence electrons. The van der Waals surface area contributed by atoms with Gasteiger partial charge < -0.3 is 10.2 Å². The number of carbonyl (C=O) groups is 1. The minimum absolute atomic E-state index is 0.0661. The molecule has 0 spiro atoms. The lowest BCUT2D eigenvalue weighted by Gasteiger charge is -2.30. The maximum Gasteiger partial charge on any atom is 0.244 e. The predicted octanol–water partition coefficient (Wildman–Crippen LogP) is 0.963. The van der Waals surface area contributed by atoms with Crippen molar-refractivity contribution < 1.29 is 4.79 Å². The van der Waals surface area contributed by atoms with Crippen LogP contribution in [0.2, 0.25) is 0 Å². The Morgan fingerprint density at radius 2 is 2.17 bits per heavy atom. The molecular weight excluding hydrogens is 228 g/mol. The van der Waals surface area contributed by atoms with Gasteiger partial charge in [-0.2, -0.15) is 5.10 Å². The van der Waals surface area contributed by atoms with E-state index in [1.807, 2.05) is 19.9 Å². The first-order valence-electron chi connectivity index (χ1n) is 6.57. The zero-order chi connectivity index (χ0) is 13.1. The van der Waals surface area contributed by atoms with E-state index in [4.69, 9.17) is 0 Å². The lowest BCUT2D eigenvalue weighted by atomic mass is 10.1. The molecule has 2 heterocycles. The first kappa shape index (κ1) is 13.1. The van der Waals surface area contributed by atoms with Crippen molar-refractivity contribution in [2.45, 2.75) is 38.8 Å². The Kier molecular flexibility index (Phi) is 4.01. The molecule has 5 nitrogen and oxygen atoms in total. The summed E-state index contributed by atoms with van der Waals surface area (Å²) in [6.45, 7) is 5.97. The Balaban J connectivity index is 1.90. The van der Waals surface area contributed by atoms with Gasteiger partial charge in [0.25, 0.3) is 0 Å². The molecule has 2 rings (SSSR count). The van der Waals surface area contributed by atoms with Gasteiger partial charge >= 0.3 is 0 Å². The monoisotopic (exact) mass is 250 g/mol. The Hall–Kier alpha value is -1.36. The topological polar surface area (TPSA) is 50.2 Å². The Labute approximate surface area is 108 Å². The Morgan fingerprint density at radius 3 is 2.72 bits per heavy atom. The first-order chi connectivity index (χ1) is 8.58. The molecule has 1 atom stereocenters. The van der Waals surface area contributed by atoms with E-state index in [1.54, 1.807) is 10.9 Å². The van der Waals surface area contributed by atoms with E-state index < -0.39 is 0 Å². The number of nitrogens with zero attached hydrogens (tertiary/aromatic N) is 3. The highest BCUT2D eigenvalue weighted by atomic mass is 16.2. The molecule has 18 heavy (non-hydrogen) atoms. The van der Waals surface area contributed by atoms with Crippen LogP contribution in [-0.4, -0.2) is 46.8 Å². The SMILES string of the molecule is Cc1ccnn1C(C)C(=O)NC1CCN(C)CC1. The van der Waals surface area contributed by atoms with Crippen molar-refractivity contribution in [2.24, 2.45) is 0 Å². The van der Waals surface area contributed by atoms with Gasteiger partial charge in [0.15, 0.2) is 0 Å². The van der Waals surface area contributed by atoms with E-state index in [0.717, 1.165) is 31.6 Å². The van der Waals surface area contributed by atoms with Crippen LogP contribution >= 0.6 is 0 Å². The highest BCUT2D eigenvalue weighted by molar-refractivity contribution is 5.80. The summed E-state index contributed by atoms with van der Waals surface area (Å²) in [5.74, 6) is 0.0661. The van der Waals surface area contributed by atoms with Crippen molar-refractivity contribution in [3.05, 3.63) is 18.0 Å². The second-order valence-electron chi connectivity index (χ2n) is 5.18. The molecule has 0 radical (unpaired) electrons. The van der Waals surface area contributed by atoms with Gasteiger partial charge in [-0.3, -0.25) is 9.48 Å². The minimum atomic E-state index is -0.236. The van der Waals surface area contributed by atoms with Crippen LogP contribution in [0.15, 0.2) is 12.3 Å². The lowest BCUT2D eigenvalue weighted by Crippen LogP contribution is -2.45. The molecule has 1 N–H and O–H groups in total. The van der Waals surface area contributed by atoms with Crippen LogP contribution in [0.3, 0.4) is 0 Å². The number of aryl methyl sites for hydroxylation is 1. The van der Waals surface area contributed by atoms with Gasteiger partial charge in [0.2, 0.25) is 5.91 Å². The van der Waals surface area contributed by atoms with Gasteiger partial charge in [-0.15, -0.1) is 0 Å². The average molecular weight is 250 g/mol. The summed E-state index contributed by atoms with van der Waals surface area (Å²) in [5, 5.41) is 7.32. The molecule has 1 unspecified atom stereocenters. The Morgan fingerprint density at radius 1 is 1.50 bits per heavy atom. The molecule has 5 heteroatoms. The van der Waals surface area contributed by atoms with Crippen molar-refractivity contribution >= 4 is 5.91 Å². The second-order valence-corrected chi connectivity index (χ2v) is 5.18. The number of nitrogens with one attached hydrogen (secondary N) is 1. The summed E-state index contributed by atoms with van der Waals surface area (Å²) >= 11 is 0. The number of hydrogen-bond donors (Lipinski definition) is 1. The average Bonchev–Trinajstić information content (AvgIpc) is 2.77.